The highest BCUT2D eigenvalue weighted by atomic mass is 32.1. The van der Waals surface area contributed by atoms with Gasteiger partial charge in [0.05, 0.1) is 11.9 Å². The Bertz CT molecular complexity index is 620. The number of hydrazine groups is 1. The highest BCUT2D eigenvalue weighted by Crippen LogP contribution is 2.32. The lowest BCUT2D eigenvalue weighted by atomic mass is 10.2. The largest absolute Gasteiger partial charge is 0.308 e. The van der Waals surface area contributed by atoms with Crippen molar-refractivity contribution in [3.8, 4) is 0 Å². The molecular weight excluding hydrogens is 282 g/mol. The second kappa shape index (κ2) is 6.68. The van der Waals surface area contributed by atoms with Crippen LogP contribution in [0.1, 0.15) is 37.0 Å². The van der Waals surface area contributed by atoms with Crippen molar-refractivity contribution in [3.63, 3.8) is 0 Å². The molecule has 0 saturated carbocycles. The molecule has 0 aliphatic carbocycles. The molecule has 116 valence electrons. The van der Waals surface area contributed by atoms with E-state index in [0.29, 0.717) is 5.92 Å². The van der Waals surface area contributed by atoms with Crippen molar-refractivity contribution in [3.05, 3.63) is 16.3 Å². The summed E-state index contributed by atoms with van der Waals surface area (Å²) in [6.07, 6.45) is 0. The lowest BCUT2D eigenvalue weighted by molar-refractivity contribution is 0.243. The lowest BCUT2D eigenvalue weighted by Crippen LogP contribution is -2.28. The van der Waals surface area contributed by atoms with E-state index >= 15 is 0 Å². The monoisotopic (exact) mass is 307 g/mol. The molecule has 0 fully saturated rings. The van der Waals surface area contributed by atoms with Crippen LogP contribution in [0.3, 0.4) is 0 Å². The first-order valence-electron chi connectivity index (χ1n) is 7.41. The summed E-state index contributed by atoms with van der Waals surface area (Å²) in [5, 5.41) is 1.05. The van der Waals surface area contributed by atoms with Crippen molar-refractivity contribution < 1.29 is 0 Å². The van der Waals surface area contributed by atoms with E-state index < -0.39 is 0 Å². The van der Waals surface area contributed by atoms with Crippen LogP contribution < -0.4 is 11.3 Å². The zero-order valence-electron chi connectivity index (χ0n) is 13.5. The van der Waals surface area contributed by atoms with Crippen LogP contribution >= 0.6 is 11.3 Å². The zero-order valence-corrected chi connectivity index (χ0v) is 14.3. The van der Waals surface area contributed by atoms with Crippen molar-refractivity contribution >= 4 is 27.4 Å². The molecular formula is C15H25N5S. The Morgan fingerprint density at radius 1 is 1.29 bits per heavy atom. The molecule has 2 heterocycles. The number of nitrogens with zero attached hydrogens (tertiary/aromatic N) is 3. The van der Waals surface area contributed by atoms with Gasteiger partial charge in [-0.25, -0.2) is 15.8 Å². The SMILES string of the molecule is CCN(Cc1nc(NN)c2c(C)c(C)sc2n1)CC(C)C. The fourth-order valence-electron chi connectivity index (χ4n) is 2.49. The molecule has 0 aliphatic rings. The van der Waals surface area contributed by atoms with Gasteiger partial charge >= 0.3 is 0 Å². The molecule has 0 amide bonds. The molecule has 0 spiro atoms. The summed E-state index contributed by atoms with van der Waals surface area (Å²) in [5.41, 5.74) is 3.95. The van der Waals surface area contributed by atoms with Crippen molar-refractivity contribution in [1.29, 1.82) is 0 Å². The minimum absolute atomic E-state index is 0.631. The van der Waals surface area contributed by atoms with Crippen molar-refractivity contribution in [2.45, 2.75) is 41.2 Å². The maximum atomic E-state index is 5.66. The van der Waals surface area contributed by atoms with E-state index in [-0.39, 0.29) is 0 Å². The molecule has 5 nitrogen and oxygen atoms in total. The van der Waals surface area contributed by atoms with Crippen LogP contribution in [0, 0.1) is 19.8 Å². The highest BCUT2D eigenvalue weighted by Gasteiger charge is 2.15. The molecule has 2 rings (SSSR count). The first-order valence-corrected chi connectivity index (χ1v) is 8.23. The average Bonchev–Trinajstić information content (AvgIpc) is 2.72. The second-order valence-corrected chi connectivity index (χ2v) is 7.02. The van der Waals surface area contributed by atoms with Crippen molar-refractivity contribution in [2.75, 3.05) is 18.5 Å². The number of nitrogen functional groups attached to an aromatic ring is 1. The summed E-state index contributed by atoms with van der Waals surface area (Å²) >= 11 is 1.71. The maximum absolute atomic E-state index is 5.66. The maximum Gasteiger partial charge on any atom is 0.152 e. The highest BCUT2D eigenvalue weighted by molar-refractivity contribution is 7.18. The Kier molecular flexibility index (Phi) is 5.13. The van der Waals surface area contributed by atoms with Gasteiger partial charge in [0.2, 0.25) is 0 Å². The third-order valence-corrected chi connectivity index (χ3v) is 4.75. The van der Waals surface area contributed by atoms with Gasteiger partial charge in [0.1, 0.15) is 10.7 Å². The summed E-state index contributed by atoms with van der Waals surface area (Å²) in [6, 6.07) is 0. The summed E-state index contributed by atoms with van der Waals surface area (Å²) in [6.45, 7) is 13.6. The normalized spacial score (nSPS) is 11.8. The minimum atomic E-state index is 0.631. The zero-order chi connectivity index (χ0) is 15.6. The fourth-order valence-corrected chi connectivity index (χ4v) is 3.54. The smallest absolute Gasteiger partial charge is 0.152 e. The molecule has 2 aromatic rings. The van der Waals surface area contributed by atoms with Gasteiger partial charge in [0, 0.05) is 11.4 Å². The molecule has 0 bridgehead atoms. The lowest BCUT2D eigenvalue weighted by Gasteiger charge is -2.21. The van der Waals surface area contributed by atoms with Gasteiger partial charge in [-0.05, 0) is 31.9 Å². The van der Waals surface area contributed by atoms with E-state index in [9.17, 15) is 0 Å². The number of thiophene rings is 1. The molecule has 0 saturated heterocycles. The van der Waals surface area contributed by atoms with Gasteiger partial charge in [-0.3, -0.25) is 4.90 Å². The van der Waals surface area contributed by atoms with E-state index in [1.807, 2.05) is 0 Å². The average molecular weight is 307 g/mol. The van der Waals surface area contributed by atoms with Crippen molar-refractivity contribution in [2.24, 2.45) is 11.8 Å². The van der Waals surface area contributed by atoms with Gasteiger partial charge in [-0.1, -0.05) is 20.8 Å². The van der Waals surface area contributed by atoms with Crippen LogP contribution in [-0.4, -0.2) is 28.0 Å². The third kappa shape index (κ3) is 3.51. The molecule has 0 aliphatic heterocycles. The van der Waals surface area contributed by atoms with Crippen LogP contribution in [0.4, 0.5) is 5.82 Å². The predicted molar refractivity (Wildman–Crippen MR) is 90.5 cm³/mol. The van der Waals surface area contributed by atoms with Gasteiger partial charge in [0.25, 0.3) is 0 Å². The van der Waals surface area contributed by atoms with Gasteiger partial charge < -0.3 is 5.43 Å². The third-order valence-electron chi connectivity index (χ3n) is 3.65. The predicted octanol–water partition coefficient (Wildman–Crippen LogP) is 3.07. The number of fused-ring (bicyclic) bond motifs is 1. The molecule has 3 N–H and O–H groups in total. The van der Waals surface area contributed by atoms with Crippen LogP contribution in [0.25, 0.3) is 10.2 Å². The quantitative estimate of drug-likeness (QED) is 0.634. The summed E-state index contributed by atoms with van der Waals surface area (Å²) < 4.78 is 0. The number of nitrogens with one attached hydrogen (secondary N) is 1. The Labute approximate surface area is 130 Å². The van der Waals surface area contributed by atoms with E-state index in [1.165, 1.54) is 10.4 Å². The van der Waals surface area contributed by atoms with Gasteiger partial charge in [0.15, 0.2) is 5.82 Å². The van der Waals surface area contributed by atoms with E-state index in [0.717, 1.165) is 41.5 Å². The summed E-state index contributed by atoms with van der Waals surface area (Å²) in [4.78, 5) is 14.0. The van der Waals surface area contributed by atoms with Crippen molar-refractivity contribution in [1.82, 2.24) is 14.9 Å². The number of aromatic nitrogens is 2. The molecule has 2 aromatic heterocycles. The van der Waals surface area contributed by atoms with Gasteiger partial charge in [-0.15, -0.1) is 11.3 Å². The Balaban J connectivity index is 2.37. The summed E-state index contributed by atoms with van der Waals surface area (Å²) in [7, 11) is 0. The molecule has 21 heavy (non-hydrogen) atoms. The standard InChI is InChI=1S/C15H25N5S/c1-6-20(7-9(2)3)8-12-17-14(19-16)13-10(4)11(5)21-15(13)18-12/h9H,6-8,16H2,1-5H3,(H,17,18,19). The Hall–Kier alpha value is -1.24. The number of nitrogens with two attached hydrogens (primary N) is 1. The van der Waals surface area contributed by atoms with Crippen LogP contribution in [0.5, 0.6) is 0 Å². The second-order valence-electron chi connectivity index (χ2n) is 5.82. The molecule has 0 atom stereocenters. The fraction of sp³-hybridized carbons (Fsp3) is 0.600. The molecule has 0 unspecified atom stereocenters. The first-order chi connectivity index (χ1) is 9.96. The van der Waals surface area contributed by atoms with E-state index in [4.69, 9.17) is 10.8 Å². The van der Waals surface area contributed by atoms with Crippen LogP contribution in [0.2, 0.25) is 0 Å². The number of rotatable bonds is 6. The summed E-state index contributed by atoms with van der Waals surface area (Å²) in [5.74, 6) is 7.86. The number of hydrogen-bond acceptors (Lipinski definition) is 6. The molecule has 0 radical (unpaired) electrons. The van der Waals surface area contributed by atoms with Crippen LogP contribution in [0.15, 0.2) is 0 Å². The number of hydrogen-bond donors (Lipinski definition) is 2. The molecule has 6 heteroatoms. The number of aryl methyl sites for hydroxylation is 2. The number of anilines is 1. The topological polar surface area (TPSA) is 67.1 Å². The van der Waals surface area contributed by atoms with Crippen LogP contribution in [-0.2, 0) is 6.54 Å². The van der Waals surface area contributed by atoms with E-state index in [2.05, 4.69) is 49.9 Å². The Morgan fingerprint density at radius 3 is 2.57 bits per heavy atom. The first kappa shape index (κ1) is 16.1. The van der Waals surface area contributed by atoms with E-state index in [1.54, 1.807) is 11.3 Å². The van der Waals surface area contributed by atoms with Gasteiger partial charge in [-0.2, -0.15) is 0 Å². The minimum Gasteiger partial charge on any atom is -0.308 e. The molecule has 0 aromatic carbocycles. The Morgan fingerprint density at radius 2 is 2.00 bits per heavy atom.